The number of ketones is 2. The summed E-state index contributed by atoms with van der Waals surface area (Å²) in [5.74, 6) is 0.438. The smallest absolute Gasteiger partial charge is 0.209 e. The van der Waals surface area contributed by atoms with E-state index < -0.39 is 0 Å². The van der Waals surface area contributed by atoms with Crippen LogP contribution < -0.4 is 10.6 Å². The second kappa shape index (κ2) is 13.1. The first-order valence-corrected chi connectivity index (χ1v) is 13.0. The number of hydrogen-bond donors (Lipinski definition) is 2. The van der Waals surface area contributed by atoms with Gasteiger partial charge in [0, 0.05) is 29.8 Å². The second-order valence-electron chi connectivity index (χ2n) is 9.96. The number of nitrogens with one attached hydrogen (secondary N) is 2. The number of carbonyl (C=O) groups is 2. The highest BCUT2D eigenvalue weighted by molar-refractivity contribution is 6.03. The van der Waals surface area contributed by atoms with Crippen molar-refractivity contribution in [2.24, 2.45) is 10.9 Å². The molecule has 3 rings (SSSR count). The number of piperidine rings is 1. The highest BCUT2D eigenvalue weighted by Crippen LogP contribution is 2.27. The normalized spacial score (nSPS) is 19.6. The molecule has 2 aromatic rings. The van der Waals surface area contributed by atoms with Gasteiger partial charge in [0.15, 0.2) is 17.8 Å². The number of rotatable bonds is 10. The zero-order valence-electron chi connectivity index (χ0n) is 22.0. The lowest BCUT2D eigenvalue weighted by Gasteiger charge is -2.43. The van der Waals surface area contributed by atoms with Gasteiger partial charge in [0.05, 0.1) is 26.2 Å². The molecule has 0 unspecified atom stereocenters. The molecule has 37 heavy (non-hydrogen) atoms. The molecule has 0 aromatic heterocycles. The van der Waals surface area contributed by atoms with Crippen LogP contribution in [0.25, 0.3) is 0 Å². The zero-order chi connectivity index (χ0) is 26.8. The summed E-state index contributed by atoms with van der Waals surface area (Å²) in [6.07, 6.45) is 6.08. The van der Waals surface area contributed by atoms with Gasteiger partial charge in [-0.2, -0.15) is 5.26 Å². The van der Waals surface area contributed by atoms with E-state index in [1.165, 1.54) is 31.5 Å². The first kappa shape index (κ1) is 28.0. The van der Waals surface area contributed by atoms with Crippen LogP contribution in [-0.4, -0.2) is 54.7 Å². The van der Waals surface area contributed by atoms with E-state index in [0.29, 0.717) is 35.2 Å². The van der Waals surface area contributed by atoms with Crippen molar-refractivity contribution in [3.05, 3.63) is 65.0 Å². The van der Waals surface area contributed by atoms with E-state index in [1.807, 2.05) is 18.3 Å². The van der Waals surface area contributed by atoms with E-state index in [-0.39, 0.29) is 17.4 Å². The SMILES string of the molecule is CC[N+]1(CCCN=C(NC#N)Nc2cc(C(C)=O)cc(C(C)=O)c2)CCC(Cc2ccc(F)cc2)CC1. The van der Waals surface area contributed by atoms with Crippen molar-refractivity contribution < 1.29 is 18.5 Å². The van der Waals surface area contributed by atoms with Crippen molar-refractivity contribution in [3.63, 3.8) is 0 Å². The fraction of sp³-hybridized carbons (Fsp3) is 0.448. The summed E-state index contributed by atoms with van der Waals surface area (Å²) in [6.45, 7) is 10.0. The van der Waals surface area contributed by atoms with Crippen LogP contribution in [0.4, 0.5) is 10.1 Å². The molecule has 1 saturated heterocycles. The molecule has 0 saturated carbocycles. The largest absolute Gasteiger partial charge is 0.325 e. The number of nitrogens with zero attached hydrogens (tertiary/aromatic N) is 3. The molecule has 0 aliphatic carbocycles. The van der Waals surface area contributed by atoms with Crippen LogP contribution >= 0.6 is 0 Å². The van der Waals surface area contributed by atoms with Crippen molar-refractivity contribution in [2.75, 3.05) is 38.0 Å². The van der Waals surface area contributed by atoms with E-state index in [2.05, 4.69) is 22.5 Å². The van der Waals surface area contributed by atoms with E-state index >= 15 is 0 Å². The van der Waals surface area contributed by atoms with Gasteiger partial charge in [-0.3, -0.25) is 19.9 Å². The minimum absolute atomic E-state index is 0.145. The molecular weight excluding hydrogens is 469 g/mol. The maximum Gasteiger partial charge on any atom is 0.209 e. The number of aliphatic imine (C=N–C) groups is 1. The van der Waals surface area contributed by atoms with Gasteiger partial charge in [-0.1, -0.05) is 12.1 Å². The Hall–Kier alpha value is -3.57. The summed E-state index contributed by atoms with van der Waals surface area (Å²) in [7, 11) is 0. The maximum atomic E-state index is 13.2. The number of quaternary nitrogens is 1. The first-order valence-electron chi connectivity index (χ1n) is 13.0. The van der Waals surface area contributed by atoms with Crippen molar-refractivity contribution in [1.82, 2.24) is 5.32 Å². The van der Waals surface area contributed by atoms with Crippen LogP contribution in [0.5, 0.6) is 0 Å². The Morgan fingerprint density at radius 3 is 2.24 bits per heavy atom. The Kier molecular flexibility index (Phi) is 9.93. The number of benzene rings is 2. The fourth-order valence-corrected chi connectivity index (χ4v) is 5.03. The lowest BCUT2D eigenvalue weighted by atomic mass is 9.88. The van der Waals surface area contributed by atoms with Crippen LogP contribution in [0.3, 0.4) is 0 Å². The van der Waals surface area contributed by atoms with Crippen molar-refractivity contribution in [3.8, 4) is 6.19 Å². The molecule has 7 nitrogen and oxygen atoms in total. The number of halogens is 1. The molecule has 1 aliphatic rings. The van der Waals surface area contributed by atoms with Gasteiger partial charge in [0.1, 0.15) is 5.82 Å². The zero-order valence-corrected chi connectivity index (χ0v) is 22.0. The van der Waals surface area contributed by atoms with Crippen LogP contribution in [0.2, 0.25) is 0 Å². The number of carbonyl (C=O) groups excluding carboxylic acids is 2. The minimum atomic E-state index is -0.189. The lowest BCUT2D eigenvalue weighted by molar-refractivity contribution is -0.932. The van der Waals surface area contributed by atoms with E-state index in [4.69, 9.17) is 0 Å². The highest BCUT2D eigenvalue weighted by atomic mass is 19.1. The van der Waals surface area contributed by atoms with E-state index in [1.54, 1.807) is 18.2 Å². The predicted molar refractivity (Wildman–Crippen MR) is 144 cm³/mol. The molecular formula is C29H37FN5O2+. The molecule has 196 valence electrons. The van der Waals surface area contributed by atoms with Gasteiger partial charge in [-0.15, -0.1) is 0 Å². The Morgan fingerprint density at radius 1 is 1.08 bits per heavy atom. The van der Waals surface area contributed by atoms with Crippen LogP contribution in [0.1, 0.15) is 66.3 Å². The van der Waals surface area contributed by atoms with Gasteiger partial charge in [-0.05, 0) is 81.8 Å². The summed E-state index contributed by atoms with van der Waals surface area (Å²) < 4.78 is 14.3. The average Bonchev–Trinajstić information content (AvgIpc) is 2.89. The molecule has 0 radical (unpaired) electrons. The van der Waals surface area contributed by atoms with Crippen LogP contribution in [-0.2, 0) is 6.42 Å². The van der Waals surface area contributed by atoms with Gasteiger partial charge in [0.2, 0.25) is 5.96 Å². The molecule has 0 atom stereocenters. The third-order valence-electron chi connectivity index (χ3n) is 7.38. The Morgan fingerprint density at radius 2 is 1.70 bits per heavy atom. The van der Waals surface area contributed by atoms with Gasteiger partial charge in [-0.25, -0.2) is 4.39 Å². The summed E-state index contributed by atoms with van der Waals surface area (Å²) in [4.78, 5) is 28.3. The quantitative estimate of drug-likeness (QED) is 0.0905. The molecule has 0 amide bonds. The second-order valence-corrected chi connectivity index (χ2v) is 9.96. The van der Waals surface area contributed by atoms with E-state index in [9.17, 15) is 19.2 Å². The van der Waals surface area contributed by atoms with Crippen molar-refractivity contribution >= 4 is 23.2 Å². The number of guanidine groups is 1. The predicted octanol–water partition coefficient (Wildman–Crippen LogP) is 4.95. The molecule has 1 aliphatic heterocycles. The molecule has 1 fully saturated rings. The fourth-order valence-electron chi connectivity index (χ4n) is 5.03. The summed E-state index contributed by atoms with van der Waals surface area (Å²) >= 11 is 0. The maximum absolute atomic E-state index is 13.2. The summed E-state index contributed by atoms with van der Waals surface area (Å²) in [5, 5.41) is 14.8. The summed E-state index contributed by atoms with van der Waals surface area (Å²) in [5.41, 5.74) is 2.57. The van der Waals surface area contributed by atoms with Gasteiger partial charge in [0.25, 0.3) is 0 Å². The molecule has 2 N–H and O–H groups in total. The monoisotopic (exact) mass is 506 g/mol. The van der Waals surface area contributed by atoms with Gasteiger partial charge >= 0.3 is 0 Å². The van der Waals surface area contributed by atoms with E-state index in [0.717, 1.165) is 56.3 Å². The molecule has 8 heteroatoms. The third-order valence-corrected chi connectivity index (χ3v) is 7.38. The standard InChI is InChI=1S/C29H37FN5O2/c1-4-35(14-10-24(11-15-35)16-23-6-8-27(30)9-7-23)13-5-12-32-29(33-20-31)34-28-18-25(21(2)36)17-26(19-28)22(3)37/h6-9,17-19,24H,4-5,10-16H2,1-3H3,(H2,32,33,34)/q+1. The molecule has 1 heterocycles. The Labute approximate surface area is 219 Å². The number of hydrogen-bond acceptors (Lipinski definition) is 4. The molecule has 0 bridgehead atoms. The molecule has 0 spiro atoms. The topological polar surface area (TPSA) is 94.3 Å². The minimum Gasteiger partial charge on any atom is -0.325 e. The number of anilines is 1. The van der Waals surface area contributed by atoms with Crippen molar-refractivity contribution in [2.45, 2.75) is 46.5 Å². The number of nitriles is 1. The lowest BCUT2D eigenvalue weighted by Crippen LogP contribution is -2.53. The van der Waals surface area contributed by atoms with Crippen molar-refractivity contribution in [1.29, 1.82) is 5.26 Å². The number of likely N-dealkylation sites (tertiary alicyclic amines) is 1. The molecule has 2 aromatic carbocycles. The highest BCUT2D eigenvalue weighted by Gasteiger charge is 2.32. The Bertz CT molecular complexity index is 1130. The Balaban J connectivity index is 1.56. The van der Waals surface area contributed by atoms with Crippen LogP contribution in [0, 0.1) is 23.2 Å². The number of Topliss-reactive ketones (excluding diaryl/α,β-unsaturated/α-hetero) is 2. The van der Waals surface area contributed by atoms with Gasteiger partial charge < -0.3 is 9.80 Å². The summed E-state index contributed by atoms with van der Waals surface area (Å²) in [6, 6.07) is 11.7. The van der Waals surface area contributed by atoms with Crippen LogP contribution in [0.15, 0.2) is 47.5 Å². The third kappa shape index (κ3) is 8.22. The average molecular weight is 507 g/mol. The first-order chi connectivity index (χ1) is 17.7.